The van der Waals surface area contributed by atoms with E-state index < -0.39 is 0 Å². The second-order valence-corrected chi connectivity index (χ2v) is 7.52. The Hall–Kier alpha value is -1.73. The predicted molar refractivity (Wildman–Crippen MR) is 101 cm³/mol. The SMILES string of the molecule is Cc1nc(N)nc(C)c1CC(=O)N1CCC(C(C)N2CCOCC2)CC1. The molecule has 7 heteroatoms. The summed E-state index contributed by atoms with van der Waals surface area (Å²) in [5.74, 6) is 1.09. The average Bonchev–Trinajstić information content (AvgIpc) is 2.64. The van der Waals surface area contributed by atoms with Crippen LogP contribution in [-0.2, 0) is 16.0 Å². The quantitative estimate of drug-likeness (QED) is 0.867. The Morgan fingerprint density at radius 3 is 2.31 bits per heavy atom. The van der Waals surface area contributed by atoms with E-state index in [1.165, 1.54) is 0 Å². The van der Waals surface area contributed by atoms with E-state index in [1.807, 2.05) is 18.7 Å². The van der Waals surface area contributed by atoms with Gasteiger partial charge >= 0.3 is 0 Å². The highest BCUT2D eigenvalue weighted by molar-refractivity contribution is 5.79. The average molecular weight is 361 g/mol. The Morgan fingerprint density at radius 1 is 1.15 bits per heavy atom. The van der Waals surface area contributed by atoms with Crippen LogP contribution in [0.3, 0.4) is 0 Å². The summed E-state index contributed by atoms with van der Waals surface area (Å²) < 4.78 is 5.46. The second-order valence-electron chi connectivity index (χ2n) is 7.52. The standard InChI is InChI=1S/C19H31N5O2/c1-13-17(14(2)22-19(20)21-13)12-18(25)24-6-4-16(5-7-24)15(3)23-8-10-26-11-9-23/h15-16H,4-12H2,1-3H3,(H2,20,21,22). The molecule has 144 valence electrons. The van der Waals surface area contributed by atoms with E-state index in [0.29, 0.717) is 18.4 Å². The van der Waals surface area contributed by atoms with Crippen molar-refractivity contribution in [2.45, 2.75) is 46.1 Å². The highest BCUT2D eigenvalue weighted by atomic mass is 16.5. The van der Waals surface area contributed by atoms with E-state index in [9.17, 15) is 4.79 Å². The van der Waals surface area contributed by atoms with Crippen molar-refractivity contribution in [1.29, 1.82) is 0 Å². The third-order valence-corrected chi connectivity index (χ3v) is 5.96. The number of nitrogen functional groups attached to an aromatic ring is 1. The van der Waals surface area contributed by atoms with Crippen molar-refractivity contribution in [3.8, 4) is 0 Å². The lowest BCUT2D eigenvalue weighted by Crippen LogP contribution is -2.49. The van der Waals surface area contributed by atoms with Crippen LogP contribution in [-0.4, -0.2) is 71.1 Å². The number of aromatic nitrogens is 2. The third-order valence-electron chi connectivity index (χ3n) is 5.96. The van der Waals surface area contributed by atoms with Crippen molar-refractivity contribution < 1.29 is 9.53 Å². The molecule has 1 aromatic rings. The van der Waals surface area contributed by atoms with Gasteiger partial charge in [0, 0.05) is 49.2 Å². The molecule has 7 nitrogen and oxygen atoms in total. The molecule has 3 heterocycles. The summed E-state index contributed by atoms with van der Waals surface area (Å²) in [5.41, 5.74) is 8.20. The first kappa shape index (κ1) is 19.0. The van der Waals surface area contributed by atoms with E-state index in [4.69, 9.17) is 10.5 Å². The van der Waals surface area contributed by atoms with Gasteiger partial charge in [0.2, 0.25) is 11.9 Å². The summed E-state index contributed by atoms with van der Waals surface area (Å²) in [7, 11) is 0. The van der Waals surface area contributed by atoms with E-state index >= 15 is 0 Å². The van der Waals surface area contributed by atoms with Gasteiger partial charge in [0.1, 0.15) is 0 Å². The summed E-state index contributed by atoms with van der Waals surface area (Å²) in [4.78, 5) is 25.7. The summed E-state index contributed by atoms with van der Waals surface area (Å²) in [6, 6.07) is 0.561. The van der Waals surface area contributed by atoms with Crippen LogP contribution < -0.4 is 5.73 Å². The summed E-state index contributed by atoms with van der Waals surface area (Å²) in [6.45, 7) is 11.5. The van der Waals surface area contributed by atoms with Crippen LogP contribution in [0.15, 0.2) is 0 Å². The number of anilines is 1. The van der Waals surface area contributed by atoms with Gasteiger partial charge in [-0.2, -0.15) is 0 Å². The van der Waals surface area contributed by atoms with Gasteiger partial charge in [0.25, 0.3) is 0 Å². The molecule has 2 saturated heterocycles. The van der Waals surface area contributed by atoms with E-state index in [-0.39, 0.29) is 11.9 Å². The summed E-state index contributed by atoms with van der Waals surface area (Å²) in [6.07, 6.45) is 2.50. The van der Waals surface area contributed by atoms with Gasteiger partial charge in [-0.3, -0.25) is 9.69 Å². The minimum atomic E-state index is 0.169. The molecule has 0 radical (unpaired) electrons. The predicted octanol–water partition coefficient (Wildman–Crippen LogP) is 1.18. The van der Waals surface area contributed by atoms with E-state index in [1.54, 1.807) is 0 Å². The first-order chi connectivity index (χ1) is 12.5. The number of hydrogen-bond donors (Lipinski definition) is 1. The number of amides is 1. The number of nitrogens with zero attached hydrogens (tertiary/aromatic N) is 4. The normalized spacial score (nSPS) is 21.0. The number of carbonyl (C=O) groups is 1. The highest BCUT2D eigenvalue weighted by Gasteiger charge is 2.30. The lowest BCUT2D eigenvalue weighted by Gasteiger charge is -2.41. The maximum atomic E-state index is 12.7. The number of nitrogens with two attached hydrogens (primary N) is 1. The lowest BCUT2D eigenvalue weighted by atomic mass is 9.89. The van der Waals surface area contributed by atoms with Crippen LogP contribution in [0.2, 0.25) is 0 Å². The molecule has 1 unspecified atom stereocenters. The van der Waals surface area contributed by atoms with Crippen molar-refractivity contribution in [3.63, 3.8) is 0 Å². The van der Waals surface area contributed by atoms with Crippen molar-refractivity contribution in [1.82, 2.24) is 19.8 Å². The Balaban J connectivity index is 1.54. The number of piperidine rings is 1. The molecule has 1 atom stereocenters. The molecule has 1 aromatic heterocycles. The molecular formula is C19H31N5O2. The topological polar surface area (TPSA) is 84.6 Å². The molecule has 2 N–H and O–H groups in total. The van der Waals surface area contributed by atoms with Gasteiger partial charge in [0.05, 0.1) is 19.6 Å². The molecular weight excluding hydrogens is 330 g/mol. The zero-order valence-corrected chi connectivity index (χ0v) is 16.2. The molecule has 1 amide bonds. The molecule has 0 aliphatic carbocycles. The third kappa shape index (κ3) is 4.32. The minimum Gasteiger partial charge on any atom is -0.379 e. The van der Waals surface area contributed by atoms with Gasteiger partial charge < -0.3 is 15.4 Å². The van der Waals surface area contributed by atoms with Crippen LogP contribution in [0, 0.1) is 19.8 Å². The Kier molecular flexibility index (Phi) is 6.09. The molecule has 0 aromatic carbocycles. The molecule has 2 fully saturated rings. The van der Waals surface area contributed by atoms with Crippen LogP contribution >= 0.6 is 0 Å². The maximum absolute atomic E-state index is 12.7. The zero-order valence-electron chi connectivity index (χ0n) is 16.2. The molecule has 3 rings (SSSR count). The molecule has 26 heavy (non-hydrogen) atoms. The fourth-order valence-electron chi connectivity index (χ4n) is 4.20. The van der Waals surface area contributed by atoms with Crippen molar-refractivity contribution in [2.24, 2.45) is 5.92 Å². The fourth-order valence-corrected chi connectivity index (χ4v) is 4.20. The van der Waals surface area contributed by atoms with Gasteiger partial charge in [0.15, 0.2) is 0 Å². The fraction of sp³-hybridized carbons (Fsp3) is 0.737. The van der Waals surface area contributed by atoms with Crippen LogP contribution in [0.25, 0.3) is 0 Å². The number of aryl methyl sites for hydroxylation is 2. The van der Waals surface area contributed by atoms with Gasteiger partial charge in [-0.25, -0.2) is 9.97 Å². The first-order valence-electron chi connectivity index (χ1n) is 9.65. The van der Waals surface area contributed by atoms with Gasteiger partial charge in [-0.15, -0.1) is 0 Å². The number of ether oxygens (including phenoxy) is 1. The smallest absolute Gasteiger partial charge is 0.227 e. The van der Waals surface area contributed by atoms with Crippen molar-refractivity contribution in [2.75, 3.05) is 45.1 Å². The monoisotopic (exact) mass is 361 g/mol. The maximum Gasteiger partial charge on any atom is 0.227 e. The number of rotatable bonds is 4. The molecule has 0 spiro atoms. The number of morpholine rings is 1. The van der Waals surface area contributed by atoms with Gasteiger partial charge in [-0.1, -0.05) is 0 Å². The van der Waals surface area contributed by atoms with Crippen LogP contribution in [0.4, 0.5) is 5.95 Å². The van der Waals surface area contributed by atoms with Crippen molar-refractivity contribution >= 4 is 11.9 Å². The summed E-state index contributed by atoms with van der Waals surface area (Å²) in [5, 5.41) is 0. The van der Waals surface area contributed by atoms with Crippen molar-refractivity contribution in [3.05, 3.63) is 17.0 Å². The highest BCUT2D eigenvalue weighted by Crippen LogP contribution is 2.25. The first-order valence-corrected chi connectivity index (χ1v) is 9.65. The lowest BCUT2D eigenvalue weighted by molar-refractivity contribution is -0.132. The molecule has 2 aliphatic heterocycles. The molecule has 2 aliphatic rings. The second kappa shape index (κ2) is 8.31. The molecule has 0 saturated carbocycles. The molecule has 0 bridgehead atoms. The minimum absolute atomic E-state index is 0.169. The van der Waals surface area contributed by atoms with E-state index in [0.717, 1.165) is 69.2 Å². The largest absolute Gasteiger partial charge is 0.379 e. The van der Waals surface area contributed by atoms with Gasteiger partial charge in [-0.05, 0) is 39.5 Å². The Labute approximate surface area is 155 Å². The Bertz CT molecular complexity index is 614. The number of hydrogen-bond acceptors (Lipinski definition) is 6. The number of likely N-dealkylation sites (tertiary alicyclic amines) is 1. The van der Waals surface area contributed by atoms with Crippen LogP contribution in [0.1, 0.15) is 36.7 Å². The number of carbonyl (C=O) groups excluding carboxylic acids is 1. The zero-order chi connectivity index (χ0) is 18.7. The van der Waals surface area contributed by atoms with E-state index in [2.05, 4.69) is 21.8 Å². The van der Waals surface area contributed by atoms with Crippen LogP contribution in [0.5, 0.6) is 0 Å². The summed E-state index contributed by atoms with van der Waals surface area (Å²) >= 11 is 0. The Morgan fingerprint density at radius 2 is 1.73 bits per heavy atom.